The number of allylic oxidation sites excluding steroid dienone is 5. The lowest BCUT2D eigenvalue weighted by atomic mass is 9.93. The molecular formula is C90H122N2O2S10. The molecule has 8 unspecified atom stereocenters. The van der Waals surface area contributed by atoms with Gasteiger partial charge in [-0.15, -0.1) is 115 Å². The fraction of sp³-hybridized carbons (Fsp3) is 0.600. The van der Waals surface area contributed by atoms with Crippen molar-refractivity contribution in [1.82, 2.24) is 9.80 Å². The minimum atomic E-state index is -0.0145. The summed E-state index contributed by atoms with van der Waals surface area (Å²) < 4.78 is 0. The van der Waals surface area contributed by atoms with Crippen LogP contribution < -0.4 is 0 Å². The highest BCUT2D eigenvalue weighted by atomic mass is 32.2. The highest BCUT2D eigenvalue weighted by Crippen LogP contribution is 2.59. The lowest BCUT2D eigenvalue weighted by molar-refractivity contribution is -0.125. The van der Waals surface area contributed by atoms with Crippen LogP contribution in [0.25, 0.3) is 44.7 Å². The number of unbranched alkanes of at least 4 members (excludes halogenated alkanes) is 22. The topological polar surface area (TPSA) is 40.6 Å². The molecule has 7 aliphatic rings. The van der Waals surface area contributed by atoms with E-state index >= 15 is 9.59 Å². The van der Waals surface area contributed by atoms with Crippen molar-refractivity contribution in [3.05, 3.63) is 143 Å². The number of carbonyl (C=O) groups excluding carboxylic acids is 2. The Kier molecular flexibility index (Phi) is 32.8. The molecule has 0 bridgehead atoms. The molecule has 5 aromatic rings. The molecule has 7 aliphatic heterocycles. The van der Waals surface area contributed by atoms with Crippen LogP contribution in [0, 0.1) is 17.8 Å². The number of amides is 2. The Morgan fingerprint density at radius 3 is 1.55 bits per heavy atom. The standard InChI is InChI=1S/C90H122N2O2S10/c1-7-13-19-25-27-31-39-63(37-29-21-15-9-3)61-91-85(77-53-49-75(99-77)81-59-65(41-33-23-17-11-5)87(103-81)79-55-51-73(101-79)71-47-45-69(97-71)67-43-35-57-95-67)83-84(89(91)93)86(92(90(83)94)62-64(38-30-22-16-10-4)40-32-28-26-20-14-8-2)78-54-50-76(100-78)82-60-66(42-34-24-18-12-6)88(104-82)80-56-52-74(102-80)72-48-46-70(98-72)68-44-36-58-96-68/h35-36,43,45,47-53,55,57-60,63-64,66,68,70,78,80,88H,7-34,37-42,44,46,54,56,61-62H2,1-6H3. The van der Waals surface area contributed by atoms with Gasteiger partial charge in [-0.3, -0.25) is 9.59 Å². The molecule has 0 N–H and O–H groups in total. The Labute approximate surface area is 670 Å². The third-order valence-electron chi connectivity index (χ3n) is 22.7. The van der Waals surface area contributed by atoms with Crippen LogP contribution in [-0.2, 0) is 16.0 Å². The van der Waals surface area contributed by atoms with E-state index in [1.807, 2.05) is 80.2 Å². The van der Waals surface area contributed by atoms with E-state index in [0.29, 0.717) is 51.8 Å². The zero-order valence-corrected chi connectivity index (χ0v) is 72.1. The third kappa shape index (κ3) is 21.1. The molecule has 0 fully saturated rings. The lowest BCUT2D eigenvalue weighted by Crippen LogP contribution is -2.37. The number of thioether (sulfide) groups is 5. The van der Waals surface area contributed by atoms with Crippen molar-refractivity contribution in [3.8, 4) is 39.0 Å². The first-order valence-electron chi connectivity index (χ1n) is 41.6. The van der Waals surface area contributed by atoms with Crippen molar-refractivity contribution in [2.45, 2.75) is 312 Å². The van der Waals surface area contributed by atoms with Gasteiger partial charge >= 0.3 is 0 Å². The average molecular weight is 1580 g/mol. The van der Waals surface area contributed by atoms with Gasteiger partial charge in [0.25, 0.3) is 11.8 Å². The minimum absolute atomic E-state index is 0.0145. The highest BCUT2D eigenvalue weighted by molar-refractivity contribution is 8.12. The molecule has 0 aromatic carbocycles. The quantitative estimate of drug-likeness (QED) is 0.0360. The number of fused-ring (bicyclic) bond motifs is 1. The van der Waals surface area contributed by atoms with Crippen LogP contribution in [0.1, 0.15) is 290 Å². The molecule has 8 atom stereocenters. The summed E-state index contributed by atoms with van der Waals surface area (Å²) in [4.78, 5) is 55.6. The summed E-state index contributed by atoms with van der Waals surface area (Å²) in [5.41, 5.74) is 4.88. The number of hydrogen-bond acceptors (Lipinski definition) is 12. The second kappa shape index (κ2) is 42.1. The zero-order valence-electron chi connectivity index (χ0n) is 63.9. The van der Waals surface area contributed by atoms with Gasteiger partial charge in [0.15, 0.2) is 0 Å². The number of hydrogen-bond donors (Lipinski definition) is 0. The first-order valence-corrected chi connectivity index (χ1v) is 50.2. The van der Waals surface area contributed by atoms with Crippen molar-refractivity contribution in [2.75, 3.05) is 13.1 Å². The van der Waals surface area contributed by atoms with Crippen LogP contribution in [0.2, 0.25) is 0 Å². The van der Waals surface area contributed by atoms with E-state index in [4.69, 9.17) is 0 Å². The van der Waals surface area contributed by atoms with Crippen LogP contribution in [0.3, 0.4) is 0 Å². The predicted octanol–water partition coefficient (Wildman–Crippen LogP) is 30.9. The van der Waals surface area contributed by atoms with E-state index in [0.717, 1.165) is 72.4 Å². The Hall–Kier alpha value is -2.63. The fourth-order valence-corrected chi connectivity index (χ4v) is 29.5. The second-order valence-corrected chi connectivity index (χ2v) is 42.3. The second-order valence-electron chi connectivity index (χ2n) is 30.8. The Morgan fingerprint density at radius 2 is 0.933 bits per heavy atom. The number of rotatable bonds is 48. The summed E-state index contributed by atoms with van der Waals surface area (Å²) in [5.74, 6) is 1.48. The minimum Gasteiger partial charge on any atom is -0.310 e. The molecule has 0 aliphatic carbocycles. The molecule has 0 spiro atoms. The van der Waals surface area contributed by atoms with Gasteiger partial charge in [-0.1, -0.05) is 251 Å². The first-order chi connectivity index (χ1) is 51.2. The fourth-order valence-electron chi connectivity index (χ4n) is 16.8. The average Bonchev–Trinajstić information content (AvgIpc) is 1.55. The molecule has 104 heavy (non-hydrogen) atoms. The number of carbonyl (C=O) groups is 2. The molecule has 0 radical (unpaired) electrons. The lowest BCUT2D eigenvalue weighted by Gasteiger charge is -2.31. The summed E-state index contributed by atoms with van der Waals surface area (Å²) in [6.07, 6.45) is 59.1. The number of aryl methyl sites for hydroxylation is 1. The zero-order chi connectivity index (χ0) is 72.0. The monoisotopic (exact) mass is 1580 g/mol. The first kappa shape index (κ1) is 80.9. The van der Waals surface area contributed by atoms with E-state index in [-0.39, 0.29) is 17.1 Å². The van der Waals surface area contributed by atoms with E-state index < -0.39 is 0 Å². The SMILES string of the molecule is CCCCCCCCC(CCCCCC)CN1C(=O)C2=C(C3CC=C(C4=CC(CCCCCC)C(C5CC=C(C6=CCC(C7CC=CS7)S6)S5)S4)S3)N(CC(CCCCCC)CCCCCCCC)C(=O)C2=C1c1ccc(-c2cc(CCCCCC)c(-c3ccc(-c4ccc(-c5cccs5)s4)s3)s2)s1. The molecule has 5 aromatic heterocycles. The van der Waals surface area contributed by atoms with Gasteiger partial charge < -0.3 is 9.80 Å². The Balaban J connectivity index is 0.897. The Morgan fingerprint density at radius 1 is 0.433 bits per heavy atom. The molecule has 2 amide bonds. The third-order valence-corrected chi connectivity index (χ3v) is 36.4. The van der Waals surface area contributed by atoms with E-state index in [9.17, 15) is 0 Å². The molecule has 14 heteroatoms. The van der Waals surface area contributed by atoms with Gasteiger partial charge in [-0.05, 0) is 153 Å². The normalized spacial score (nSPS) is 21.7. The molecule has 564 valence electrons. The van der Waals surface area contributed by atoms with Crippen molar-refractivity contribution in [2.24, 2.45) is 17.8 Å². The van der Waals surface area contributed by atoms with Crippen LogP contribution in [-0.4, -0.2) is 61.0 Å². The molecule has 4 nitrogen and oxygen atoms in total. The van der Waals surface area contributed by atoms with Crippen LogP contribution in [0.4, 0.5) is 0 Å². The maximum Gasteiger partial charge on any atom is 0.261 e. The molecule has 12 rings (SSSR count). The van der Waals surface area contributed by atoms with Crippen molar-refractivity contribution < 1.29 is 9.59 Å². The van der Waals surface area contributed by atoms with Crippen molar-refractivity contribution in [3.63, 3.8) is 0 Å². The van der Waals surface area contributed by atoms with Gasteiger partial charge in [-0.25, -0.2) is 0 Å². The number of nitrogens with zero attached hydrogens (tertiary/aromatic N) is 2. The van der Waals surface area contributed by atoms with Crippen LogP contribution in [0.15, 0.2) is 132 Å². The summed E-state index contributed by atoms with van der Waals surface area (Å²) in [7, 11) is 0. The van der Waals surface area contributed by atoms with Crippen molar-refractivity contribution >= 4 is 133 Å². The van der Waals surface area contributed by atoms with Crippen molar-refractivity contribution in [1.29, 1.82) is 0 Å². The Bertz CT molecular complexity index is 3760. The molecular weight excluding hydrogens is 1460 g/mol. The van der Waals surface area contributed by atoms with Crippen LogP contribution in [0.5, 0.6) is 0 Å². The van der Waals surface area contributed by atoms with Gasteiger partial charge in [0.2, 0.25) is 0 Å². The highest BCUT2D eigenvalue weighted by Gasteiger charge is 2.52. The molecule has 12 heterocycles. The summed E-state index contributed by atoms with van der Waals surface area (Å²) in [6, 6.07) is 20.9. The molecule has 0 saturated heterocycles. The van der Waals surface area contributed by atoms with Gasteiger partial charge in [0.05, 0.1) is 27.0 Å². The van der Waals surface area contributed by atoms with Crippen LogP contribution >= 0.6 is 115 Å². The van der Waals surface area contributed by atoms with E-state index in [1.165, 1.54) is 253 Å². The van der Waals surface area contributed by atoms with Gasteiger partial charge in [0, 0.05) is 98.4 Å². The van der Waals surface area contributed by atoms with E-state index in [2.05, 4.69) is 182 Å². The number of thiophene rings is 5. The van der Waals surface area contributed by atoms with E-state index in [1.54, 1.807) is 9.81 Å². The largest absolute Gasteiger partial charge is 0.310 e. The summed E-state index contributed by atoms with van der Waals surface area (Å²) in [5, 5.41) is 6.96. The molecule has 0 saturated carbocycles. The smallest absolute Gasteiger partial charge is 0.261 e. The maximum absolute atomic E-state index is 16.7. The predicted molar refractivity (Wildman–Crippen MR) is 472 cm³/mol. The van der Waals surface area contributed by atoms with Gasteiger partial charge in [0.1, 0.15) is 0 Å². The van der Waals surface area contributed by atoms with Gasteiger partial charge in [-0.2, -0.15) is 0 Å². The maximum atomic E-state index is 16.7. The summed E-state index contributed by atoms with van der Waals surface area (Å²) in [6.45, 7) is 15.3. The summed E-state index contributed by atoms with van der Waals surface area (Å²) >= 11 is 20.0.